The molecule has 1 heterocycles. The molecular weight excluding hydrogens is 316 g/mol. The second-order valence-electron chi connectivity index (χ2n) is 5.32. The van der Waals surface area contributed by atoms with Crippen LogP contribution in [-0.2, 0) is 11.2 Å². The number of para-hydroxylation sites is 1. The Morgan fingerprint density at radius 1 is 1.17 bits per heavy atom. The van der Waals surface area contributed by atoms with Gasteiger partial charge in [-0.3, -0.25) is 0 Å². The molecule has 6 nitrogen and oxygen atoms in total. The van der Waals surface area contributed by atoms with E-state index in [1.165, 1.54) is 0 Å². The molecule has 0 saturated carbocycles. The van der Waals surface area contributed by atoms with Crippen molar-refractivity contribution >= 4 is 29.1 Å². The average molecular weight is 341 g/mol. The van der Waals surface area contributed by atoms with E-state index in [0.29, 0.717) is 19.8 Å². The van der Waals surface area contributed by atoms with Gasteiger partial charge in [-0.1, -0.05) is 12.1 Å². The highest BCUT2D eigenvalue weighted by molar-refractivity contribution is 5.88. The first-order valence-electron chi connectivity index (χ1n) is 7.53. The van der Waals surface area contributed by atoms with Crippen molar-refractivity contribution < 1.29 is 9.84 Å². The Kier molecular flexibility index (Phi) is 8.79. The number of likely N-dealkylation sites (N-methyl/N-ethyl adjacent to an activating group) is 1. The maximum absolute atomic E-state index is 8.69. The SMILES string of the molecule is CN(C)CCc1nc(NCCOCCO)c2ccccc2n1.Cl. The Balaban J connectivity index is 0.00000264. The molecule has 1 aromatic carbocycles. The van der Waals surface area contributed by atoms with Gasteiger partial charge < -0.3 is 20.1 Å². The van der Waals surface area contributed by atoms with Crippen molar-refractivity contribution in [1.82, 2.24) is 14.9 Å². The molecule has 0 spiro atoms. The zero-order valence-corrected chi connectivity index (χ0v) is 14.5. The molecule has 0 aliphatic carbocycles. The number of nitrogens with zero attached hydrogens (tertiary/aromatic N) is 3. The summed E-state index contributed by atoms with van der Waals surface area (Å²) in [7, 11) is 4.08. The summed E-state index contributed by atoms with van der Waals surface area (Å²) in [4.78, 5) is 11.4. The van der Waals surface area contributed by atoms with Gasteiger partial charge in [-0.25, -0.2) is 9.97 Å². The van der Waals surface area contributed by atoms with Gasteiger partial charge in [0.25, 0.3) is 0 Å². The molecule has 0 unspecified atom stereocenters. The molecule has 0 atom stereocenters. The van der Waals surface area contributed by atoms with Gasteiger partial charge in [-0.05, 0) is 26.2 Å². The normalized spacial score (nSPS) is 10.8. The Morgan fingerprint density at radius 2 is 1.96 bits per heavy atom. The maximum atomic E-state index is 8.69. The third-order valence-electron chi connectivity index (χ3n) is 3.21. The molecule has 0 saturated heterocycles. The monoisotopic (exact) mass is 340 g/mol. The predicted octanol–water partition coefficient (Wildman–Crippen LogP) is 1.58. The van der Waals surface area contributed by atoms with E-state index in [1.54, 1.807) is 0 Å². The van der Waals surface area contributed by atoms with E-state index in [-0.39, 0.29) is 19.0 Å². The summed E-state index contributed by atoms with van der Waals surface area (Å²) >= 11 is 0. The molecular formula is C16H25ClN4O2. The molecule has 0 amide bonds. The first kappa shape index (κ1) is 19.6. The van der Waals surface area contributed by atoms with Crippen LogP contribution in [0.5, 0.6) is 0 Å². The molecule has 23 heavy (non-hydrogen) atoms. The molecule has 7 heteroatoms. The standard InChI is InChI=1S/C16H24N4O2.ClH/c1-20(2)9-7-15-18-14-6-4-3-5-13(14)16(19-15)17-8-11-22-12-10-21;/h3-6,21H,7-12H2,1-2H3,(H,17,18,19);1H. The van der Waals surface area contributed by atoms with E-state index in [1.807, 2.05) is 38.4 Å². The van der Waals surface area contributed by atoms with E-state index < -0.39 is 0 Å². The number of nitrogens with one attached hydrogen (secondary N) is 1. The number of ether oxygens (including phenoxy) is 1. The van der Waals surface area contributed by atoms with Gasteiger partial charge in [-0.2, -0.15) is 0 Å². The Labute approximate surface area is 143 Å². The second kappa shape index (κ2) is 10.3. The lowest BCUT2D eigenvalue weighted by Crippen LogP contribution is -2.17. The van der Waals surface area contributed by atoms with Crippen LogP contribution in [0.1, 0.15) is 5.82 Å². The van der Waals surface area contributed by atoms with Gasteiger partial charge in [-0.15, -0.1) is 12.4 Å². The van der Waals surface area contributed by atoms with Gasteiger partial charge in [0.05, 0.1) is 25.3 Å². The van der Waals surface area contributed by atoms with E-state index in [9.17, 15) is 0 Å². The summed E-state index contributed by atoms with van der Waals surface area (Å²) in [6.45, 7) is 2.50. The van der Waals surface area contributed by atoms with Crippen molar-refractivity contribution in [1.29, 1.82) is 0 Å². The van der Waals surface area contributed by atoms with Crippen LogP contribution < -0.4 is 5.32 Å². The van der Waals surface area contributed by atoms with Crippen LogP contribution in [0, 0.1) is 0 Å². The van der Waals surface area contributed by atoms with Crippen molar-refractivity contribution in [3.8, 4) is 0 Å². The van der Waals surface area contributed by atoms with Crippen LogP contribution in [0.4, 0.5) is 5.82 Å². The van der Waals surface area contributed by atoms with E-state index >= 15 is 0 Å². The second-order valence-corrected chi connectivity index (χ2v) is 5.32. The average Bonchev–Trinajstić information content (AvgIpc) is 2.52. The third kappa shape index (κ3) is 6.27. The topological polar surface area (TPSA) is 70.5 Å². The largest absolute Gasteiger partial charge is 0.394 e. The summed E-state index contributed by atoms with van der Waals surface area (Å²) in [5, 5.41) is 13.0. The number of rotatable bonds is 9. The number of aliphatic hydroxyl groups excluding tert-OH is 1. The highest BCUT2D eigenvalue weighted by Gasteiger charge is 2.07. The summed E-state index contributed by atoms with van der Waals surface area (Å²) in [6, 6.07) is 7.99. The Hall–Kier alpha value is -1.47. The zero-order chi connectivity index (χ0) is 15.8. The lowest BCUT2D eigenvalue weighted by Gasteiger charge is -2.12. The van der Waals surface area contributed by atoms with E-state index in [2.05, 4.69) is 20.2 Å². The van der Waals surface area contributed by atoms with Crippen molar-refractivity contribution in [3.05, 3.63) is 30.1 Å². The van der Waals surface area contributed by atoms with Crippen LogP contribution in [0.3, 0.4) is 0 Å². The Morgan fingerprint density at radius 3 is 2.70 bits per heavy atom. The summed E-state index contributed by atoms with van der Waals surface area (Å²) in [5.74, 6) is 1.68. The fourth-order valence-electron chi connectivity index (χ4n) is 2.10. The summed E-state index contributed by atoms with van der Waals surface area (Å²) in [6.07, 6.45) is 0.813. The molecule has 0 aliphatic heterocycles. The smallest absolute Gasteiger partial charge is 0.137 e. The molecule has 128 valence electrons. The fourth-order valence-corrected chi connectivity index (χ4v) is 2.10. The van der Waals surface area contributed by atoms with Crippen LogP contribution in [0.2, 0.25) is 0 Å². The number of aromatic nitrogens is 2. The van der Waals surface area contributed by atoms with Crippen molar-refractivity contribution in [2.24, 2.45) is 0 Å². The quantitative estimate of drug-likeness (QED) is 0.675. The van der Waals surface area contributed by atoms with Crippen LogP contribution in [-0.4, -0.2) is 67.0 Å². The number of halogens is 1. The first-order valence-corrected chi connectivity index (χ1v) is 7.53. The molecule has 0 fully saturated rings. The van der Waals surface area contributed by atoms with Gasteiger partial charge in [0, 0.05) is 24.9 Å². The summed E-state index contributed by atoms with van der Waals surface area (Å²) in [5.41, 5.74) is 0.949. The Bertz CT molecular complexity index is 595. The molecule has 2 aromatic rings. The predicted molar refractivity (Wildman–Crippen MR) is 95.4 cm³/mol. The first-order chi connectivity index (χ1) is 10.7. The number of fused-ring (bicyclic) bond motifs is 1. The summed E-state index contributed by atoms with van der Waals surface area (Å²) < 4.78 is 5.26. The number of hydrogen-bond donors (Lipinski definition) is 2. The zero-order valence-electron chi connectivity index (χ0n) is 13.7. The van der Waals surface area contributed by atoms with Gasteiger partial charge in [0.2, 0.25) is 0 Å². The number of anilines is 1. The maximum Gasteiger partial charge on any atom is 0.137 e. The minimum Gasteiger partial charge on any atom is -0.394 e. The lowest BCUT2D eigenvalue weighted by molar-refractivity contribution is 0.0992. The highest BCUT2D eigenvalue weighted by atomic mass is 35.5. The molecule has 0 radical (unpaired) electrons. The number of benzene rings is 1. The van der Waals surface area contributed by atoms with Crippen LogP contribution in [0.15, 0.2) is 24.3 Å². The van der Waals surface area contributed by atoms with E-state index in [4.69, 9.17) is 9.84 Å². The third-order valence-corrected chi connectivity index (χ3v) is 3.21. The molecule has 1 aromatic heterocycles. The van der Waals surface area contributed by atoms with Crippen molar-refractivity contribution in [2.75, 3.05) is 52.3 Å². The molecule has 0 aliphatic rings. The van der Waals surface area contributed by atoms with Crippen molar-refractivity contribution in [2.45, 2.75) is 6.42 Å². The van der Waals surface area contributed by atoms with Crippen LogP contribution >= 0.6 is 12.4 Å². The van der Waals surface area contributed by atoms with Gasteiger partial charge in [0.15, 0.2) is 0 Å². The van der Waals surface area contributed by atoms with Gasteiger partial charge >= 0.3 is 0 Å². The number of hydrogen-bond acceptors (Lipinski definition) is 6. The highest BCUT2D eigenvalue weighted by Crippen LogP contribution is 2.20. The van der Waals surface area contributed by atoms with Crippen LogP contribution in [0.25, 0.3) is 10.9 Å². The van der Waals surface area contributed by atoms with E-state index in [0.717, 1.165) is 35.5 Å². The lowest BCUT2D eigenvalue weighted by atomic mass is 10.2. The molecule has 0 bridgehead atoms. The van der Waals surface area contributed by atoms with Crippen molar-refractivity contribution in [3.63, 3.8) is 0 Å². The van der Waals surface area contributed by atoms with Gasteiger partial charge in [0.1, 0.15) is 11.6 Å². The molecule has 2 rings (SSSR count). The molecule has 2 N–H and O–H groups in total. The minimum absolute atomic E-state index is 0. The fraction of sp³-hybridized carbons (Fsp3) is 0.500. The minimum atomic E-state index is 0. The number of aliphatic hydroxyl groups is 1.